The maximum Gasteiger partial charge on any atom is 0.436 e. The number of nitrogens with zero attached hydrogens (tertiary/aromatic N) is 3. The van der Waals surface area contributed by atoms with Gasteiger partial charge < -0.3 is 5.11 Å². The fourth-order valence-electron chi connectivity index (χ4n) is 3.21. The van der Waals surface area contributed by atoms with Crippen molar-refractivity contribution in [1.29, 1.82) is 0 Å². The minimum absolute atomic E-state index is 0. The molecule has 2 aromatic heterocycles. The molecule has 1 radical (unpaired) electrons. The van der Waals surface area contributed by atoms with E-state index >= 15 is 0 Å². The Labute approximate surface area is 207 Å². The molecule has 205 valence electrons. The third kappa shape index (κ3) is 5.25. The first-order valence-corrected chi connectivity index (χ1v) is 9.01. The number of carbonyl (C=O) groups excluding carboxylic acids is 1. The van der Waals surface area contributed by atoms with E-state index in [1.807, 2.05) is 0 Å². The smallest absolute Gasteiger partial charge is 0.436 e. The molecule has 18 heteroatoms. The van der Waals surface area contributed by atoms with Gasteiger partial charge in [0.15, 0.2) is 11.5 Å². The molecule has 0 aliphatic rings. The number of pyridine rings is 1. The third-order valence-electron chi connectivity index (χ3n) is 4.66. The van der Waals surface area contributed by atoms with Gasteiger partial charge in [-0.1, -0.05) is 6.07 Å². The Morgan fingerprint density at radius 2 is 1.32 bits per heavy atom. The number of halogens is 12. The molecule has 0 aliphatic carbocycles. The second-order valence-corrected chi connectivity index (χ2v) is 6.97. The van der Waals surface area contributed by atoms with Gasteiger partial charge in [0.05, 0.1) is 16.8 Å². The van der Waals surface area contributed by atoms with Gasteiger partial charge in [-0.05, 0) is 19.1 Å². The first-order valence-electron chi connectivity index (χ1n) is 9.01. The molecule has 2 heterocycles. The Morgan fingerprint density at radius 1 is 0.838 bits per heavy atom. The van der Waals surface area contributed by atoms with Gasteiger partial charge in [-0.2, -0.15) is 58.1 Å². The summed E-state index contributed by atoms with van der Waals surface area (Å²) in [5.74, 6) is -11.7. The SMILES string of the molecule is Cc1nn(-c2c(F)c(F)nc(C(F)(F)F)c2F)c(O)c1C(=O)c1c(C(F)(F)F)cccc1C(F)(F)F.[Cu]. The Morgan fingerprint density at radius 3 is 1.76 bits per heavy atom. The summed E-state index contributed by atoms with van der Waals surface area (Å²) in [5, 5.41) is 13.4. The summed E-state index contributed by atoms with van der Waals surface area (Å²) in [4.78, 5) is 14.9. The maximum absolute atomic E-state index is 14.4. The van der Waals surface area contributed by atoms with Crippen molar-refractivity contribution in [1.82, 2.24) is 14.8 Å². The molecular weight excluding hydrogens is 594 g/mol. The van der Waals surface area contributed by atoms with E-state index in [1.54, 1.807) is 0 Å². The predicted molar refractivity (Wildman–Crippen MR) is 92.5 cm³/mol. The predicted octanol–water partition coefficient (Wildman–Crippen LogP) is 5.98. The Hall–Kier alpha value is -3.27. The summed E-state index contributed by atoms with van der Waals surface area (Å²) in [5.41, 5.74) is -13.4. The van der Waals surface area contributed by atoms with E-state index in [9.17, 15) is 62.6 Å². The summed E-state index contributed by atoms with van der Waals surface area (Å²) in [7, 11) is 0. The van der Waals surface area contributed by atoms with Crippen molar-refractivity contribution >= 4 is 5.78 Å². The summed E-state index contributed by atoms with van der Waals surface area (Å²) in [6, 6.07) is 0.542. The summed E-state index contributed by atoms with van der Waals surface area (Å²) >= 11 is 0. The summed E-state index contributed by atoms with van der Waals surface area (Å²) in [6.07, 6.45) is -16.8. The fourth-order valence-corrected chi connectivity index (χ4v) is 3.21. The molecule has 37 heavy (non-hydrogen) atoms. The van der Waals surface area contributed by atoms with Gasteiger partial charge >= 0.3 is 18.5 Å². The van der Waals surface area contributed by atoms with Crippen LogP contribution >= 0.6 is 0 Å². The molecule has 3 rings (SSSR count). The molecule has 0 saturated heterocycles. The minimum atomic E-state index is -5.71. The number of alkyl halides is 9. The van der Waals surface area contributed by atoms with Crippen molar-refractivity contribution in [2.24, 2.45) is 0 Å². The normalized spacial score (nSPS) is 12.5. The van der Waals surface area contributed by atoms with Crippen molar-refractivity contribution in [2.45, 2.75) is 25.5 Å². The van der Waals surface area contributed by atoms with Gasteiger partial charge in [0.25, 0.3) is 5.95 Å². The summed E-state index contributed by atoms with van der Waals surface area (Å²) < 4.78 is 161. The van der Waals surface area contributed by atoms with Crippen molar-refractivity contribution in [2.75, 3.05) is 0 Å². The molecule has 0 saturated carbocycles. The zero-order valence-corrected chi connectivity index (χ0v) is 18.2. The number of rotatable bonds is 3. The van der Waals surface area contributed by atoms with Crippen LogP contribution in [0, 0.1) is 24.5 Å². The number of benzene rings is 1. The molecule has 0 fully saturated rings. The average Bonchev–Trinajstić information content (AvgIpc) is 3.01. The number of ketones is 1. The Balaban J connectivity index is 0.00000481. The van der Waals surface area contributed by atoms with Gasteiger partial charge in [0.2, 0.25) is 17.5 Å². The van der Waals surface area contributed by atoms with Crippen LogP contribution in [-0.2, 0) is 35.6 Å². The van der Waals surface area contributed by atoms with Gasteiger partial charge in [-0.3, -0.25) is 4.79 Å². The summed E-state index contributed by atoms with van der Waals surface area (Å²) in [6.45, 7) is 0.672. The topological polar surface area (TPSA) is 68.0 Å². The van der Waals surface area contributed by atoms with Crippen LogP contribution in [0.25, 0.3) is 5.69 Å². The van der Waals surface area contributed by atoms with Gasteiger partial charge in [-0.25, -0.2) is 9.37 Å². The van der Waals surface area contributed by atoms with Crippen LogP contribution < -0.4 is 0 Å². The van der Waals surface area contributed by atoms with Crippen LogP contribution in [0.5, 0.6) is 5.88 Å². The van der Waals surface area contributed by atoms with Crippen LogP contribution in [0.2, 0.25) is 0 Å². The van der Waals surface area contributed by atoms with Crippen LogP contribution in [0.3, 0.4) is 0 Å². The van der Waals surface area contributed by atoms with Gasteiger partial charge in [-0.15, -0.1) is 0 Å². The maximum atomic E-state index is 14.4. The standard InChI is InChI=1S/C19H7F12N3O2.Cu/c1-5-8(13(35)9-6(17(23,24)25)3-2-4-7(9)18(26,27)28)16(36)34(33-5)12-10(20)14(19(29,30)31)32-15(22)11(12)21;/h2-4,36H,1H3;. The van der Waals surface area contributed by atoms with Crippen LogP contribution in [0.4, 0.5) is 52.7 Å². The second kappa shape index (κ2) is 9.55. The number of carbonyl (C=O) groups is 1. The Kier molecular flexibility index (Phi) is 7.73. The van der Waals surface area contributed by atoms with E-state index in [-0.39, 0.29) is 29.2 Å². The minimum Gasteiger partial charge on any atom is -0.493 e. The van der Waals surface area contributed by atoms with E-state index in [2.05, 4.69) is 10.1 Å². The monoisotopic (exact) mass is 600 g/mol. The van der Waals surface area contributed by atoms with Crippen molar-refractivity contribution in [3.63, 3.8) is 0 Å². The molecule has 1 aromatic carbocycles. The van der Waals surface area contributed by atoms with Crippen LogP contribution in [0.15, 0.2) is 18.2 Å². The first-order chi connectivity index (χ1) is 16.3. The molecule has 0 aliphatic heterocycles. The van der Waals surface area contributed by atoms with Crippen LogP contribution in [-0.4, -0.2) is 25.7 Å². The van der Waals surface area contributed by atoms with Gasteiger partial charge in [0.1, 0.15) is 11.3 Å². The zero-order chi connectivity index (χ0) is 27.5. The molecular formula is C19H7CuF12N3O2. The fraction of sp³-hybridized carbons (Fsp3) is 0.211. The molecule has 0 spiro atoms. The van der Waals surface area contributed by atoms with E-state index in [4.69, 9.17) is 0 Å². The number of hydrogen-bond donors (Lipinski definition) is 1. The molecule has 5 nitrogen and oxygen atoms in total. The molecule has 0 amide bonds. The van der Waals surface area contributed by atoms with Crippen molar-refractivity contribution in [3.8, 4) is 11.6 Å². The van der Waals surface area contributed by atoms with E-state index in [0.717, 1.165) is 0 Å². The Bertz CT molecular complexity index is 1340. The average molecular weight is 601 g/mol. The number of aromatic hydroxyl groups is 1. The molecule has 1 N–H and O–H groups in total. The number of hydrogen-bond acceptors (Lipinski definition) is 4. The zero-order valence-electron chi connectivity index (χ0n) is 17.3. The molecule has 0 unspecified atom stereocenters. The second-order valence-electron chi connectivity index (χ2n) is 6.97. The molecule has 3 aromatic rings. The van der Waals surface area contributed by atoms with Gasteiger partial charge in [0, 0.05) is 22.6 Å². The third-order valence-corrected chi connectivity index (χ3v) is 4.66. The van der Waals surface area contributed by atoms with E-state index in [0.29, 0.717) is 13.0 Å². The quantitative estimate of drug-likeness (QED) is 0.174. The number of aromatic nitrogens is 3. The molecule has 0 atom stereocenters. The van der Waals surface area contributed by atoms with E-state index < -0.39 is 91.8 Å². The van der Waals surface area contributed by atoms with E-state index in [1.165, 1.54) is 0 Å². The number of aryl methyl sites for hydroxylation is 1. The van der Waals surface area contributed by atoms with Crippen LogP contribution in [0.1, 0.15) is 38.4 Å². The van der Waals surface area contributed by atoms with Crippen molar-refractivity contribution in [3.05, 3.63) is 69.4 Å². The van der Waals surface area contributed by atoms with Crippen molar-refractivity contribution < 1.29 is 79.7 Å². The first kappa shape index (κ1) is 30.0. The molecule has 0 bridgehead atoms. The largest absolute Gasteiger partial charge is 0.493 e.